The fourth-order valence-corrected chi connectivity index (χ4v) is 4.28. The molecule has 2 aromatic carbocycles. The highest BCUT2D eigenvalue weighted by molar-refractivity contribution is 7.92. The normalized spacial score (nSPS) is 11.1. The Morgan fingerprint density at radius 1 is 1.21 bits per heavy atom. The molecule has 0 saturated carbocycles. The van der Waals surface area contributed by atoms with Gasteiger partial charge in [-0.15, -0.1) is 10.2 Å². The van der Waals surface area contributed by atoms with E-state index < -0.39 is 22.5 Å². The standard InChI is InChI=1S/C18H17ClN4O4S2/c1-27-15-9-8-13(19)10-14(15)23(29(2,25)26)11-16(24)20-18-22-21-17(28-18)12-6-4-3-5-7-12/h3-10H,11H2,1-2H3,(H,20,22,24). The molecule has 3 rings (SSSR count). The predicted molar refractivity (Wildman–Crippen MR) is 114 cm³/mol. The largest absolute Gasteiger partial charge is 0.495 e. The SMILES string of the molecule is COc1ccc(Cl)cc1N(CC(=O)Nc1nnc(-c2ccccc2)s1)S(C)(=O)=O. The van der Waals surface area contributed by atoms with E-state index in [0.717, 1.165) is 16.1 Å². The Labute approximate surface area is 177 Å². The molecule has 152 valence electrons. The monoisotopic (exact) mass is 452 g/mol. The maximum Gasteiger partial charge on any atom is 0.246 e. The van der Waals surface area contributed by atoms with Gasteiger partial charge in [0.15, 0.2) is 0 Å². The van der Waals surface area contributed by atoms with Crippen molar-refractivity contribution in [3.63, 3.8) is 0 Å². The second-order valence-electron chi connectivity index (χ2n) is 5.91. The van der Waals surface area contributed by atoms with Crippen molar-refractivity contribution in [2.24, 2.45) is 0 Å². The van der Waals surface area contributed by atoms with E-state index in [2.05, 4.69) is 15.5 Å². The highest BCUT2D eigenvalue weighted by Gasteiger charge is 2.25. The highest BCUT2D eigenvalue weighted by Crippen LogP contribution is 2.33. The lowest BCUT2D eigenvalue weighted by Crippen LogP contribution is -2.37. The van der Waals surface area contributed by atoms with Crippen molar-refractivity contribution in [3.05, 3.63) is 53.6 Å². The summed E-state index contributed by atoms with van der Waals surface area (Å²) < 4.78 is 30.8. The van der Waals surface area contributed by atoms with Gasteiger partial charge in [-0.1, -0.05) is 53.3 Å². The lowest BCUT2D eigenvalue weighted by Gasteiger charge is -2.23. The summed E-state index contributed by atoms with van der Waals surface area (Å²) in [5, 5.41) is 11.8. The number of ether oxygens (including phenoxy) is 1. The summed E-state index contributed by atoms with van der Waals surface area (Å²) in [6.07, 6.45) is 0.999. The van der Waals surface area contributed by atoms with Gasteiger partial charge >= 0.3 is 0 Å². The summed E-state index contributed by atoms with van der Waals surface area (Å²) in [7, 11) is -2.39. The molecule has 0 unspecified atom stereocenters. The molecule has 0 radical (unpaired) electrons. The van der Waals surface area contributed by atoms with E-state index >= 15 is 0 Å². The van der Waals surface area contributed by atoms with Gasteiger partial charge in [0.2, 0.25) is 21.1 Å². The van der Waals surface area contributed by atoms with E-state index in [1.165, 1.54) is 30.6 Å². The molecule has 0 fully saturated rings. The van der Waals surface area contributed by atoms with E-state index in [1.54, 1.807) is 6.07 Å². The summed E-state index contributed by atoms with van der Waals surface area (Å²) in [6, 6.07) is 13.9. The van der Waals surface area contributed by atoms with Gasteiger partial charge in [0, 0.05) is 10.6 Å². The molecule has 1 heterocycles. The summed E-state index contributed by atoms with van der Waals surface area (Å²) in [4.78, 5) is 12.5. The Hall–Kier alpha value is -2.69. The molecule has 29 heavy (non-hydrogen) atoms. The molecular weight excluding hydrogens is 436 g/mol. The molecule has 11 heteroatoms. The van der Waals surface area contributed by atoms with E-state index in [-0.39, 0.29) is 16.6 Å². The average molecular weight is 453 g/mol. The van der Waals surface area contributed by atoms with Gasteiger partial charge in [-0.05, 0) is 18.2 Å². The number of nitrogens with one attached hydrogen (secondary N) is 1. The first-order chi connectivity index (χ1) is 13.8. The highest BCUT2D eigenvalue weighted by atomic mass is 35.5. The van der Waals surface area contributed by atoms with Crippen molar-refractivity contribution < 1.29 is 17.9 Å². The van der Waals surface area contributed by atoms with Crippen LogP contribution < -0.4 is 14.4 Å². The number of aromatic nitrogens is 2. The minimum atomic E-state index is -3.79. The zero-order valence-corrected chi connectivity index (χ0v) is 17.9. The molecule has 0 spiro atoms. The molecule has 0 aliphatic carbocycles. The summed E-state index contributed by atoms with van der Waals surface area (Å²) >= 11 is 7.19. The van der Waals surface area contributed by atoms with Crippen LogP contribution in [0.15, 0.2) is 48.5 Å². The van der Waals surface area contributed by atoms with Crippen LogP contribution >= 0.6 is 22.9 Å². The number of amides is 1. The molecule has 0 aliphatic heterocycles. The summed E-state index contributed by atoms with van der Waals surface area (Å²) in [5.74, 6) is -0.303. The Bertz CT molecular complexity index is 1120. The molecular formula is C18H17ClN4O4S2. The number of carbonyl (C=O) groups is 1. The fourth-order valence-electron chi connectivity index (χ4n) is 2.50. The van der Waals surface area contributed by atoms with Gasteiger partial charge in [0.1, 0.15) is 17.3 Å². The number of hydrogen-bond donors (Lipinski definition) is 1. The van der Waals surface area contributed by atoms with Crippen LogP contribution in [-0.2, 0) is 14.8 Å². The first kappa shape index (κ1) is 21.0. The molecule has 0 aliphatic rings. The molecule has 0 bridgehead atoms. The van der Waals surface area contributed by atoms with Crippen molar-refractivity contribution in [3.8, 4) is 16.3 Å². The molecule has 0 saturated heterocycles. The summed E-state index contributed by atoms with van der Waals surface area (Å²) in [6.45, 7) is -0.476. The van der Waals surface area contributed by atoms with E-state index in [1.807, 2.05) is 30.3 Å². The number of rotatable bonds is 7. The van der Waals surface area contributed by atoms with Crippen molar-refractivity contribution in [1.82, 2.24) is 10.2 Å². The number of carbonyl (C=O) groups excluding carboxylic acids is 1. The number of hydrogen-bond acceptors (Lipinski definition) is 7. The molecule has 3 aromatic rings. The van der Waals surface area contributed by atoms with Gasteiger partial charge in [0.25, 0.3) is 0 Å². The van der Waals surface area contributed by atoms with Gasteiger partial charge < -0.3 is 4.74 Å². The van der Waals surface area contributed by atoms with Crippen molar-refractivity contribution >= 4 is 49.7 Å². The number of halogens is 1. The zero-order chi connectivity index (χ0) is 21.0. The van der Waals surface area contributed by atoms with Gasteiger partial charge in [0.05, 0.1) is 19.1 Å². The Kier molecular flexibility index (Phi) is 6.36. The van der Waals surface area contributed by atoms with Crippen LogP contribution in [0, 0.1) is 0 Å². The topological polar surface area (TPSA) is 101 Å². The smallest absolute Gasteiger partial charge is 0.246 e. The van der Waals surface area contributed by atoms with Crippen molar-refractivity contribution in [2.45, 2.75) is 0 Å². The lowest BCUT2D eigenvalue weighted by molar-refractivity contribution is -0.114. The number of methoxy groups -OCH3 is 1. The zero-order valence-electron chi connectivity index (χ0n) is 15.5. The Morgan fingerprint density at radius 3 is 2.59 bits per heavy atom. The molecule has 8 nitrogen and oxygen atoms in total. The van der Waals surface area contributed by atoms with Gasteiger partial charge in [-0.3, -0.25) is 14.4 Å². The Balaban J connectivity index is 1.80. The lowest BCUT2D eigenvalue weighted by atomic mass is 10.2. The first-order valence-corrected chi connectivity index (χ1v) is 11.3. The second-order valence-corrected chi connectivity index (χ2v) is 9.23. The van der Waals surface area contributed by atoms with E-state index in [4.69, 9.17) is 16.3 Å². The van der Waals surface area contributed by atoms with Gasteiger partial charge in [-0.2, -0.15) is 0 Å². The maximum atomic E-state index is 12.5. The van der Waals surface area contributed by atoms with Crippen LogP contribution in [0.3, 0.4) is 0 Å². The van der Waals surface area contributed by atoms with Crippen molar-refractivity contribution in [1.29, 1.82) is 0 Å². The Morgan fingerprint density at radius 2 is 1.93 bits per heavy atom. The van der Waals surface area contributed by atoms with Crippen LogP contribution in [0.25, 0.3) is 10.6 Å². The first-order valence-electron chi connectivity index (χ1n) is 8.28. The minimum Gasteiger partial charge on any atom is -0.495 e. The summed E-state index contributed by atoms with van der Waals surface area (Å²) in [5.41, 5.74) is 1.03. The van der Waals surface area contributed by atoms with Crippen LogP contribution in [0.5, 0.6) is 5.75 Å². The minimum absolute atomic E-state index is 0.167. The molecule has 1 aromatic heterocycles. The fraction of sp³-hybridized carbons (Fsp3) is 0.167. The maximum absolute atomic E-state index is 12.5. The third-order valence-electron chi connectivity index (χ3n) is 3.79. The molecule has 1 amide bonds. The van der Waals surface area contributed by atoms with E-state index in [9.17, 15) is 13.2 Å². The quantitative estimate of drug-likeness (QED) is 0.590. The van der Waals surface area contributed by atoms with Crippen LogP contribution in [0.4, 0.5) is 10.8 Å². The molecule has 0 atom stereocenters. The number of benzene rings is 2. The third kappa shape index (κ3) is 5.22. The van der Waals surface area contributed by atoms with Gasteiger partial charge in [-0.25, -0.2) is 8.42 Å². The predicted octanol–water partition coefficient (Wildman–Crippen LogP) is 3.27. The second kappa shape index (κ2) is 8.76. The average Bonchev–Trinajstić information content (AvgIpc) is 3.14. The van der Waals surface area contributed by atoms with Crippen LogP contribution in [-0.4, -0.2) is 44.4 Å². The number of anilines is 2. The molecule has 1 N–H and O–H groups in total. The van der Waals surface area contributed by atoms with Crippen molar-refractivity contribution in [2.75, 3.05) is 29.5 Å². The number of sulfonamides is 1. The number of nitrogens with zero attached hydrogens (tertiary/aromatic N) is 3. The van der Waals surface area contributed by atoms with Crippen LogP contribution in [0.2, 0.25) is 5.02 Å². The van der Waals surface area contributed by atoms with Crippen LogP contribution in [0.1, 0.15) is 0 Å². The third-order valence-corrected chi connectivity index (χ3v) is 6.04. The van der Waals surface area contributed by atoms with E-state index in [0.29, 0.717) is 10.0 Å².